The lowest BCUT2D eigenvalue weighted by Crippen LogP contribution is -2.42. The molecule has 2 amide bonds. The van der Waals surface area contributed by atoms with Crippen molar-refractivity contribution in [2.24, 2.45) is 5.41 Å². The standard InChI is InChI=1S/C22H30N4O3/c1-14(2)26-9-7-22(13-26)11-19(25-21(22)28)20(27)23-8-6-15-12-24-18-5-4-16(29-3)10-17(15)18/h4-5,10,12,14,19,24H,6-9,11,13H2,1-3H3,(H,23,27)(H,25,28)/t19-,22+/m0/s1. The van der Waals surface area contributed by atoms with Crippen LogP contribution in [0.15, 0.2) is 24.4 Å². The molecule has 29 heavy (non-hydrogen) atoms. The first kappa shape index (κ1) is 19.8. The summed E-state index contributed by atoms with van der Waals surface area (Å²) in [6.07, 6.45) is 4.11. The number of rotatable bonds is 6. The topological polar surface area (TPSA) is 86.5 Å². The van der Waals surface area contributed by atoms with Crippen LogP contribution in [-0.4, -0.2) is 60.5 Å². The smallest absolute Gasteiger partial charge is 0.242 e. The summed E-state index contributed by atoms with van der Waals surface area (Å²) in [6, 6.07) is 5.91. The Morgan fingerprint density at radius 1 is 1.41 bits per heavy atom. The maximum absolute atomic E-state index is 12.7. The number of carbonyl (C=O) groups excluding carboxylic acids is 2. The molecule has 3 N–H and O–H groups in total. The van der Waals surface area contributed by atoms with Crippen LogP contribution in [0.4, 0.5) is 0 Å². The van der Waals surface area contributed by atoms with Gasteiger partial charge in [0.05, 0.1) is 12.5 Å². The van der Waals surface area contributed by atoms with E-state index in [1.54, 1.807) is 7.11 Å². The van der Waals surface area contributed by atoms with E-state index in [0.29, 0.717) is 25.4 Å². The number of H-pyrrole nitrogens is 1. The lowest BCUT2D eigenvalue weighted by atomic mass is 9.84. The third-order valence-electron chi connectivity index (χ3n) is 6.48. The minimum Gasteiger partial charge on any atom is -0.497 e. The van der Waals surface area contributed by atoms with Crippen LogP contribution in [0.5, 0.6) is 5.75 Å². The first-order valence-corrected chi connectivity index (χ1v) is 10.4. The molecular weight excluding hydrogens is 368 g/mol. The van der Waals surface area contributed by atoms with Crippen molar-refractivity contribution >= 4 is 22.7 Å². The van der Waals surface area contributed by atoms with Gasteiger partial charge in [0.2, 0.25) is 11.8 Å². The van der Waals surface area contributed by atoms with Gasteiger partial charge in [-0.1, -0.05) is 0 Å². The van der Waals surface area contributed by atoms with Crippen LogP contribution in [0.3, 0.4) is 0 Å². The zero-order chi connectivity index (χ0) is 20.6. The predicted molar refractivity (Wildman–Crippen MR) is 112 cm³/mol. The van der Waals surface area contributed by atoms with Crippen LogP contribution >= 0.6 is 0 Å². The van der Waals surface area contributed by atoms with Gasteiger partial charge in [-0.05, 0) is 63.4 Å². The maximum Gasteiger partial charge on any atom is 0.242 e. The summed E-state index contributed by atoms with van der Waals surface area (Å²) in [5, 5.41) is 7.04. The molecule has 0 unspecified atom stereocenters. The van der Waals surface area contributed by atoms with Gasteiger partial charge in [0, 0.05) is 36.2 Å². The van der Waals surface area contributed by atoms with Gasteiger partial charge in [-0.2, -0.15) is 0 Å². The number of likely N-dealkylation sites (tertiary alicyclic amines) is 1. The third kappa shape index (κ3) is 3.71. The molecule has 0 radical (unpaired) electrons. The van der Waals surface area contributed by atoms with Crippen LogP contribution < -0.4 is 15.4 Å². The molecule has 0 bridgehead atoms. The van der Waals surface area contributed by atoms with Crippen molar-refractivity contribution in [1.82, 2.24) is 20.5 Å². The Morgan fingerprint density at radius 2 is 2.24 bits per heavy atom. The Balaban J connectivity index is 1.33. The Labute approximate surface area is 171 Å². The molecule has 4 rings (SSSR count). The van der Waals surface area contributed by atoms with Crippen LogP contribution in [0, 0.1) is 5.41 Å². The highest BCUT2D eigenvalue weighted by Crippen LogP contribution is 2.40. The lowest BCUT2D eigenvalue weighted by molar-refractivity contribution is -0.128. The number of benzene rings is 1. The molecule has 156 valence electrons. The Bertz CT molecular complexity index is 922. The summed E-state index contributed by atoms with van der Waals surface area (Å²) < 4.78 is 5.31. The van der Waals surface area contributed by atoms with Crippen LogP contribution in [0.1, 0.15) is 32.3 Å². The second kappa shape index (κ2) is 7.71. The van der Waals surface area contributed by atoms with Gasteiger partial charge in [-0.25, -0.2) is 0 Å². The Morgan fingerprint density at radius 3 is 2.97 bits per heavy atom. The highest BCUT2D eigenvalue weighted by Gasteiger charge is 2.52. The number of hydrogen-bond acceptors (Lipinski definition) is 4. The molecule has 7 nitrogen and oxygen atoms in total. The molecule has 1 spiro atoms. The van der Waals surface area contributed by atoms with Crippen LogP contribution in [0.25, 0.3) is 10.9 Å². The summed E-state index contributed by atoms with van der Waals surface area (Å²) in [5.74, 6) is 0.758. The van der Waals surface area contributed by atoms with E-state index in [1.807, 2.05) is 24.4 Å². The molecule has 2 atom stereocenters. The van der Waals surface area contributed by atoms with Gasteiger partial charge in [0.1, 0.15) is 11.8 Å². The van der Waals surface area contributed by atoms with Crippen molar-refractivity contribution in [3.05, 3.63) is 30.0 Å². The Hall–Kier alpha value is -2.54. The Kier molecular flexibility index (Phi) is 5.25. The molecule has 3 heterocycles. The van der Waals surface area contributed by atoms with Crippen molar-refractivity contribution in [2.75, 3.05) is 26.7 Å². The van der Waals surface area contributed by atoms with Crippen molar-refractivity contribution in [2.45, 2.75) is 45.2 Å². The largest absolute Gasteiger partial charge is 0.497 e. The number of nitrogens with zero attached hydrogens (tertiary/aromatic N) is 1. The first-order chi connectivity index (χ1) is 13.9. The van der Waals surface area contributed by atoms with Gasteiger partial charge < -0.3 is 20.4 Å². The number of aromatic nitrogens is 1. The molecule has 2 aromatic rings. The molecule has 1 aromatic carbocycles. The van der Waals surface area contributed by atoms with Gasteiger partial charge in [-0.15, -0.1) is 0 Å². The van der Waals surface area contributed by atoms with E-state index in [-0.39, 0.29) is 11.8 Å². The molecule has 2 aliphatic heterocycles. The average molecular weight is 399 g/mol. The zero-order valence-corrected chi connectivity index (χ0v) is 17.4. The maximum atomic E-state index is 12.7. The second-order valence-electron chi connectivity index (χ2n) is 8.59. The number of ether oxygens (including phenoxy) is 1. The first-order valence-electron chi connectivity index (χ1n) is 10.4. The SMILES string of the molecule is COc1ccc2[nH]cc(CCNC(=O)[C@@H]3C[C@@]4(CCN(C(C)C)C4)C(=O)N3)c2c1. The normalized spacial score (nSPS) is 24.6. The highest BCUT2D eigenvalue weighted by atomic mass is 16.5. The van der Waals surface area contributed by atoms with E-state index >= 15 is 0 Å². The fourth-order valence-corrected chi connectivity index (χ4v) is 4.64. The van der Waals surface area contributed by atoms with Gasteiger partial charge >= 0.3 is 0 Å². The molecule has 2 fully saturated rings. The minimum absolute atomic E-state index is 0.0320. The summed E-state index contributed by atoms with van der Waals surface area (Å²) >= 11 is 0. The second-order valence-corrected chi connectivity index (χ2v) is 8.59. The molecule has 2 aliphatic rings. The average Bonchev–Trinajstić information content (AvgIpc) is 3.40. The third-order valence-corrected chi connectivity index (χ3v) is 6.48. The van der Waals surface area contributed by atoms with Crippen LogP contribution in [0.2, 0.25) is 0 Å². The van der Waals surface area contributed by atoms with Crippen molar-refractivity contribution in [1.29, 1.82) is 0 Å². The molecular formula is C22H30N4O3. The molecule has 1 aromatic heterocycles. The number of nitrogens with one attached hydrogen (secondary N) is 3. The molecule has 7 heteroatoms. The van der Waals surface area contributed by atoms with Crippen LogP contribution in [-0.2, 0) is 16.0 Å². The number of methoxy groups -OCH3 is 1. The fraction of sp³-hybridized carbons (Fsp3) is 0.545. The molecule has 0 aliphatic carbocycles. The van der Waals surface area contributed by atoms with Gasteiger partial charge in [-0.3, -0.25) is 14.5 Å². The number of aromatic amines is 1. The van der Waals surface area contributed by atoms with E-state index in [4.69, 9.17) is 4.74 Å². The van der Waals surface area contributed by atoms with E-state index in [1.165, 1.54) is 0 Å². The number of carbonyl (C=O) groups is 2. The van der Waals surface area contributed by atoms with E-state index < -0.39 is 11.5 Å². The molecule has 0 saturated carbocycles. The minimum atomic E-state index is -0.433. The quantitative estimate of drug-likeness (QED) is 0.693. The number of fused-ring (bicyclic) bond motifs is 1. The molecule has 2 saturated heterocycles. The van der Waals surface area contributed by atoms with Gasteiger partial charge in [0.25, 0.3) is 0 Å². The van der Waals surface area contributed by atoms with Crippen molar-refractivity contribution in [3.63, 3.8) is 0 Å². The lowest BCUT2D eigenvalue weighted by Gasteiger charge is -2.23. The summed E-state index contributed by atoms with van der Waals surface area (Å²) in [4.78, 5) is 30.9. The predicted octanol–water partition coefficient (Wildman–Crippen LogP) is 1.82. The summed E-state index contributed by atoms with van der Waals surface area (Å²) in [7, 11) is 1.65. The number of amides is 2. The van der Waals surface area contributed by atoms with E-state index in [9.17, 15) is 9.59 Å². The highest BCUT2D eigenvalue weighted by molar-refractivity contribution is 5.94. The van der Waals surface area contributed by atoms with E-state index in [2.05, 4.69) is 34.4 Å². The summed E-state index contributed by atoms with van der Waals surface area (Å²) in [6.45, 7) is 6.49. The van der Waals surface area contributed by atoms with Crippen molar-refractivity contribution in [3.8, 4) is 5.75 Å². The van der Waals surface area contributed by atoms with Gasteiger partial charge in [0.15, 0.2) is 0 Å². The zero-order valence-electron chi connectivity index (χ0n) is 17.4. The fourth-order valence-electron chi connectivity index (χ4n) is 4.64. The number of hydrogen-bond donors (Lipinski definition) is 3. The summed E-state index contributed by atoms with van der Waals surface area (Å²) in [5.41, 5.74) is 1.78. The van der Waals surface area contributed by atoms with E-state index in [0.717, 1.165) is 41.7 Å². The van der Waals surface area contributed by atoms with Crippen molar-refractivity contribution < 1.29 is 14.3 Å². The monoisotopic (exact) mass is 398 g/mol.